The molecule has 1 spiro atoms. The molecule has 7 nitrogen and oxygen atoms in total. The lowest BCUT2D eigenvalue weighted by Crippen LogP contribution is -2.53. The zero-order chi connectivity index (χ0) is 20.7. The lowest BCUT2D eigenvalue weighted by Gasteiger charge is -2.44. The van der Waals surface area contributed by atoms with Crippen LogP contribution in [0, 0.1) is 6.92 Å². The molecule has 1 aromatic carbocycles. The lowest BCUT2D eigenvalue weighted by molar-refractivity contribution is -0.114. The summed E-state index contributed by atoms with van der Waals surface area (Å²) in [7, 11) is 0. The minimum atomic E-state index is -0.620. The van der Waals surface area contributed by atoms with Crippen molar-refractivity contribution in [2.75, 3.05) is 18.4 Å². The third-order valence-electron chi connectivity index (χ3n) is 5.07. The first-order chi connectivity index (χ1) is 13.0. The number of ether oxygens (including phenoxy) is 2. The first-order valence-electron chi connectivity index (χ1n) is 9.60. The van der Waals surface area contributed by atoms with E-state index < -0.39 is 11.2 Å². The number of amides is 2. The van der Waals surface area contributed by atoms with Crippen LogP contribution in [-0.4, -0.2) is 47.0 Å². The van der Waals surface area contributed by atoms with Gasteiger partial charge in [-0.05, 0) is 39.3 Å². The zero-order valence-electron chi connectivity index (χ0n) is 17.2. The molecule has 152 valence electrons. The molecule has 0 bridgehead atoms. The van der Waals surface area contributed by atoms with E-state index in [1.54, 1.807) is 17.0 Å². The number of aryl methyl sites for hydroxylation is 1. The van der Waals surface area contributed by atoms with Gasteiger partial charge in [0.2, 0.25) is 5.91 Å². The quantitative estimate of drug-likeness (QED) is 0.793. The van der Waals surface area contributed by atoms with Gasteiger partial charge in [-0.3, -0.25) is 9.59 Å². The fourth-order valence-electron chi connectivity index (χ4n) is 3.67. The summed E-state index contributed by atoms with van der Waals surface area (Å²) in [5.41, 5.74) is 0.849. The molecular weight excluding hydrogens is 360 g/mol. The van der Waals surface area contributed by atoms with Crippen LogP contribution in [0.15, 0.2) is 12.1 Å². The molecule has 0 aliphatic carbocycles. The van der Waals surface area contributed by atoms with Crippen LogP contribution in [-0.2, 0) is 9.53 Å². The highest BCUT2D eigenvalue weighted by molar-refractivity contribution is 6.02. The molecule has 1 N–H and O–H groups in total. The number of carbonyl (C=O) groups is 3. The Hall–Kier alpha value is -2.57. The van der Waals surface area contributed by atoms with Crippen LogP contribution in [0.4, 0.5) is 10.5 Å². The summed E-state index contributed by atoms with van der Waals surface area (Å²) in [6.07, 6.45) is 1.07. The van der Waals surface area contributed by atoms with Crippen molar-refractivity contribution in [1.82, 2.24) is 4.90 Å². The Kier molecular flexibility index (Phi) is 5.12. The summed E-state index contributed by atoms with van der Waals surface area (Å²) in [5.74, 6) is 0.353. The number of nitrogens with zero attached hydrogens (tertiary/aromatic N) is 1. The van der Waals surface area contributed by atoms with Crippen molar-refractivity contribution in [2.24, 2.45) is 0 Å². The van der Waals surface area contributed by atoms with Gasteiger partial charge < -0.3 is 19.7 Å². The van der Waals surface area contributed by atoms with E-state index in [1.165, 1.54) is 6.92 Å². The molecule has 0 saturated carbocycles. The number of piperidine rings is 1. The summed E-state index contributed by atoms with van der Waals surface area (Å²) in [6, 6.07) is 3.50. The van der Waals surface area contributed by atoms with Gasteiger partial charge in [-0.25, -0.2) is 4.79 Å². The molecule has 7 heteroatoms. The Morgan fingerprint density at radius 2 is 1.86 bits per heavy atom. The highest BCUT2D eigenvalue weighted by atomic mass is 16.6. The van der Waals surface area contributed by atoms with E-state index in [9.17, 15) is 14.4 Å². The molecule has 2 aliphatic heterocycles. The number of anilines is 1. The van der Waals surface area contributed by atoms with Gasteiger partial charge in [0.25, 0.3) is 0 Å². The Morgan fingerprint density at radius 1 is 1.21 bits per heavy atom. The average Bonchev–Trinajstić information content (AvgIpc) is 2.55. The molecular formula is C21H28N2O5. The highest BCUT2D eigenvalue weighted by Crippen LogP contribution is 2.41. The number of rotatable bonds is 1. The Morgan fingerprint density at radius 3 is 2.43 bits per heavy atom. The van der Waals surface area contributed by atoms with E-state index in [1.807, 2.05) is 27.7 Å². The number of benzene rings is 1. The third-order valence-corrected chi connectivity index (χ3v) is 5.07. The van der Waals surface area contributed by atoms with Crippen molar-refractivity contribution >= 4 is 23.5 Å². The topological polar surface area (TPSA) is 84.9 Å². The minimum absolute atomic E-state index is 0.0319. The molecule has 2 amide bonds. The smallest absolute Gasteiger partial charge is 0.410 e. The van der Waals surface area contributed by atoms with Crippen molar-refractivity contribution in [3.63, 3.8) is 0 Å². The van der Waals surface area contributed by atoms with E-state index in [0.29, 0.717) is 49.4 Å². The molecule has 2 aliphatic rings. The predicted octanol–water partition coefficient (Wildman–Crippen LogP) is 3.69. The summed E-state index contributed by atoms with van der Waals surface area (Å²) >= 11 is 0. The number of nitrogens with one attached hydrogen (secondary N) is 1. The van der Waals surface area contributed by atoms with Crippen molar-refractivity contribution < 1.29 is 23.9 Å². The number of hydrogen-bond acceptors (Lipinski definition) is 5. The number of carbonyl (C=O) groups excluding carboxylic acids is 3. The first-order valence-corrected chi connectivity index (χ1v) is 9.60. The second-order valence-corrected chi connectivity index (χ2v) is 8.70. The van der Waals surface area contributed by atoms with Crippen molar-refractivity contribution in [2.45, 2.75) is 65.1 Å². The van der Waals surface area contributed by atoms with Gasteiger partial charge in [0.05, 0.1) is 12.0 Å². The Balaban J connectivity index is 1.76. The van der Waals surface area contributed by atoms with Crippen LogP contribution in [0.2, 0.25) is 0 Å². The second-order valence-electron chi connectivity index (χ2n) is 8.70. The molecule has 1 fully saturated rings. The van der Waals surface area contributed by atoms with Crippen molar-refractivity contribution in [3.8, 4) is 5.75 Å². The van der Waals surface area contributed by atoms with Gasteiger partial charge >= 0.3 is 6.09 Å². The monoisotopic (exact) mass is 388 g/mol. The van der Waals surface area contributed by atoms with Gasteiger partial charge in [-0.2, -0.15) is 0 Å². The summed E-state index contributed by atoms with van der Waals surface area (Å²) in [6.45, 7) is 9.76. The fraction of sp³-hybridized carbons (Fsp3) is 0.571. The van der Waals surface area contributed by atoms with Crippen molar-refractivity contribution in [3.05, 3.63) is 23.3 Å². The summed E-state index contributed by atoms with van der Waals surface area (Å²) in [4.78, 5) is 38.2. The van der Waals surface area contributed by atoms with Gasteiger partial charge in [-0.15, -0.1) is 0 Å². The van der Waals surface area contributed by atoms with E-state index in [-0.39, 0.29) is 17.8 Å². The second kappa shape index (κ2) is 7.11. The average molecular weight is 388 g/mol. The Labute approximate surface area is 165 Å². The van der Waals surface area contributed by atoms with Gasteiger partial charge in [0.15, 0.2) is 5.78 Å². The van der Waals surface area contributed by atoms with E-state index >= 15 is 0 Å². The first kappa shape index (κ1) is 20.2. The minimum Gasteiger partial charge on any atom is -0.486 e. The van der Waals surface area contributed by atoms with Gasteiger partial charge in [0.1, 0.15) is 17.0 Å². The fourth-order valence-corrected chi connectivity index (χ4v) is 3.67. The van der Waals surface area contributed by atoms with Crippen LogP contribution >= 0.6 is 0 Å². The van der Waals surface area contributed by atoms with E-state index in [0.717, 1.165) is 5.56 Å². The number of ketones is 1. The van der Waals surface area contributed by atoms with Crippen LogP contribution in [0.3, 0.4) is 0 Å². The van der Waals surface area contributed by atoms with E-state index in [4.69, 9.17) is 9.47 Å². The van der Waals surface area contributed by atoms with E-state index in [2.05, 4.69) is 5.32 Å². The molecule has 0 atom stereocenters. The number of fused-ring (bicyclic) bond motifs is 1. The van der Waals surface area contributed by atoms with Crippen LogP contribution in [0.1, 0.15) is 62.9 Å². The molecule has 0 radical (unpaired) electrons. The SMILES string of the molecule is CC(=O)Nc1cc2c(cc1C)C(=O)CC1(CCN(C(=O)OC(C)(C)C)CC1)O2. The van der Waals surface area contributed by atoms with Crippen LogP contribution < -0.4 is 10.1 Å². The number of likely N-dealkylation sites (tertiary alicyclic amines) is 1. The lowest BCUT2D eigenvalue weighted by atomic mass is 9.82. The third kappa shape index (κ3) is 4.29. The molecule has 28 heavy (non-hydrogen) atoms. The maximum absolute atomic E-state index is 12.8. The highest BCUT2D eigenvalue weighted by Gasteiger charge is 2.44. The van der Waals surface area contributed by atoms with Gasteiger partial charge in [0, 0.05) is 44.6 Å². The normalized spacial score (nSPS) is 18.3. The summed E-state index contributed by atoms with van der Waals surface area (Å²) in [5, 5.41) is 2.77. The van der Waals surface area contributed by atoms with Crippen LogP contribution in [0.5, 0.6) is 5.75 Å². The van der Waals surface area contributed by atoms with Gasteiger partial charge in [-0.1, -0.05) is 0 Å². The molecule has 1 aromatic rings. The standard InChI is InChI=1S/C21H28N2O5/c1-13-10-15-17(25)12-21(27-18(15)11-16(13)22-14(2)24)6-8-23(9-7-21)19(26)28-20(3,4)5/h10-11H,6-9,12H2,1-5H3,(H,22,24). The van der Waals surface area contributed by atoms with Crippen LogP contribution in [0.25, 0.3) is 0 Å². The number of Topliss-reactive ketones (excluding diaryl/α,β-unsaturated/α-hetero) is 1. The Bertz CT molecular complexity index is 817. The molecule has 0 unspecified atom stereocenters. The maximum Gasteiger partial charge on any atom is 0.410 e. The largest absolute Gasteiger partial charge is 0.486 e. The predicted molar refractivity (Wildman–Crippen MR) is 105 cm³/mol. The maximum atomic E-state index is 12.8. The molecule has 2 heterocycles. The molecule has 1 saturated heterocycles. The number of hydrogen-bond donors (Lipinski definition) is 1. The molecule has 0 aromatic heterocycles. The van der Waals surface area contributed by atoms with Crippen molar-refractivity contribution in [1.29, 1.82) is 0 Å². The molecule has 3 rings (SSSR count). The zero-order valence-corrected chi connectivity index (χ0v) is 17.2. The summed E-state index contributed by atoms with van der Waals surface area (Å²) < 4.78 is 11.7.